The number of allylic oxidation sites excluding steroid dienone is 1. The summed E-state index contributed by atoms with van der Waals surface area (Å²) in [5.74, 6) is 1.34. The van der Waals surface area contributed by atoms with E-state index in [1.165, 1.54) is 13.5 Å². The minimum Gasteiger partial charge on any atom is -0.617 e. The average Bonchev–Trinajstić information content (AvgIpc) is 2.70. The minimum absolute atomic E-state index is 0.0651. The van der Waals surface area contributed by atoms with Crippen LogP contribution in [-0.2, 0) is 15.6 Å². The predicted molar refractivity (Wildman–Crippen MR) is 82.3 cm³/mol. The quantitative estimate of drug-likeness (QED) is 0.620. The summed E-state index contributed by atoms with van der Waals surface area (Å²) in [6.45, 7) is 6.91. The van der Waals surface area contributed by atoms with Gasteiger partial charge in [0.1, 0.15) is 17.1 Å². The van der Waals surface area contributed by atoms with Crippen LogP contribution < -0.4 is 5.11 Å². The number of fused-ring (bicyclic) bond motifs is 2. The molecule has 2 saturated carbocycles. The van der Waals surface area contributed by atoms with Crippen molar-refractivity contribution in [3.8, 4) is 0 Å². The van der Waals surface area contributed by atoms with E-state index in [9.17, 15) is 10.2 Å². The molecule has 2 fully saturated rings. The maximum absolute atomic E-state index is 11.1. The van der Waals surface area contributed by atoms with Gasteiger partial charge in [-0.2, -0.15) is 0 Å². The van der Waals surface area contributed by atoms with Gasteiger partial charge in [0.2, 0.25) is 0 Å². The number of hydrogen-bond donors (Lipinski definition) is 1. The zero-order valence-electron chi connectivity index (χ0n) is 13.3. The first-order valence-corrected chi connectivity index (χ1v) is 9.33. The molecule has 3 nitrogen and oxygen atoms in total. The van der Waals surface area contributed by atoms with Crippen LogP contribution in [0.15, 0.2) is 12.0 Å². The first-order valence-electron chi connectivity index (χ1n) is 7.46. The lowest BCUT2D eigenvalue weighted by Gasteiger charge is -2.36. The van der Waals surface area contributed by atoms with Crippen LogP contribution in [0.1, 0.15) is 40.0 Å². The fraction of sp³-hybridized carbons (Fsp3) is 0.875. The molecule has 0 aromatic carbocycles. The van der Waals surface area contributed by atoms with Gasteiger partial charge in [-0.25, -0.2) is 0 Å². The molecule has 4 heteroatoms. The van der Waals surface area contributed by atoms with Gasteiger partial charge >= 0.3 is 0 Å². The van der Waals surface area contributed by atoms with Gasteiger partial charge in [0.15, 0.2) is 0 Å². The number of aliphatic hydroxyl groups excluding tert-OH is 1. The molecule has 2 aliphatic rings. The van der Waals surface area contributed by atoms with E-state index in [1.54, 1.807) is 6.08 Å². The fourth-order valence-electron chi connectivity index (χ4n) is 4.33. The van der Waals surface area contributed by atoms with Crippen molar-refractivity contribution in [2.24, 2.45) is 16.7 Å². The summed E-state index contributed by atoms with van der Waals surface area (Å²) in [5.41, 5.74) is 0.292. The molecule has 0 spiro atoms. The Balaban J connectivity index is 2.03. The van der Waals surface area contributed by atoms with Crippen LogP contribution in [0, 0.1) is 16.7 Å². The smallest absolute Gasteiger partial charge is 0.147 e. The minimum atomic E-state index is -0.247. The largest absolute Gasteiger partial charge is 0.617 e. The molecule has 2 bridgehead atoms. The Kier molecular flexibility index (Phi) is 4.37. The summed E-state index contributed by atoms with van der Waals surface area (Å²) in [6.07, 6.45) is 6.81. The van der Waals surface area contributed by atoms with Crippen molar-refractivity contribution in [1.29, 1.82) is 0 Å². The van der Waals surface area contributed by atoms with E-state index in [0.717, 1.165) is 18.6 Å². The molecule has 0 heterocycles. The lowest BCUT2D eigenvalue weighted by atomic mass is 9.70. The Hall–Kier alpha value is -0.350. The van der Waals surface area contributed by atoms with E-state index in [4.69, 9.17) is 0 Å². The standard InChI is InChI=1S/C16H28O3S/c1-15(2)11-8-9-16(15,3)14(18)13(11)20(5)10-6-7-12(17)19-4/h7,11,13-14,18H,6,8-10H2,1-5H3/b12-7+. The van der Waals surface area contributed by atoms with Crippen LogP contribution >= 0.6 is 0 Å². The number of methoxy groups -OCH3 is 1. The van der Waals surface area contributed by atoms with Crippen LogP contribution in [0.4, 0.5) is 0 Å². The third kappa shape index (κ3) is 2.25. The highest BCUT2D eigenvalue weighted by molar-refractivity contribution is 7.96. The molecule has 2 aliphatic carbocycles. The third-order valence-electron chi connectivity index (χ3n) is 6.15. The van der Waals surface area contributed by atoms with E-state index >= 15 is 0 Å². The van der Waals surface area contributed by atoms with E-state index in [1.807, 2.05) is 0 Å². The second-order valence-corrected chi connectivity index (χ2v) is 9.44. The van der Waals surface area contributed by atoms with Crippen molar-refractivity contribution in [3.63, 3.8) is 0 Å². The van der Waals surface area contributed by atoms with Gasteiger partial charge in [-0.15, -0.1) is 0 Å². The molecule has 20 heavy (non-hydrogen) atoms. The zero-order chi connectivity index (χ0) is 15.1. The molecule has 0 radical (unpaired) electrons. The summed E-state index contributed by atoms with van der Waals surface area (Å²) < 4.78 is 4.64. The Bertz CT molecular complexity index is 393. The van der Waals surface area contributed by atoms with Gasteiger partial charge < -0.3 is 14.9 Å². The number of aliphatic hydroxyl groups is 1. The fourth-order valence-corrected chi connectivity index (χ4v) is 6.87. The van der Waals surface area contributed by atoms with Crippen molar-refractivity contribution in [2.75, 3.05) is 19.1 Å². The van der Waals surface area contributed by atoms with Crippen LogP contribution in [0.2, 0.25) is 0 Å². The number of ether oxygens (including phenoxy) is 1. The van der Waals surface area contributed by atoms with Gasteiger partial charge in [0.25, 0.3) is 0 Å². The summed E-state index contributed by atoms with van der Waals surface area (Å²) in [5, 5.41) is 22.3. The molecule has 0 aliphatic heterocycles. The Labute approximate surface area is 125 Å². The van der Waals surface area contributed by atoms with Gasteiger partial charge in [0, 0.05) is 23.7 Å². The predicted octanol–water partition coefficient (Wildman–Crippen LogP) is 1.66. The second kappa shape index (κ2) is 5.45. The van der Waals surface area contributed by atoms with Gasteiger partial charge in [-0.1, -0.05) is 26.8 Å². The molecule has 116 valence electrons. The Morgan fingerprint density at radius 3 is 2.60 bits per heavy atom. The van der Waals surface area contributed by atoms with Gasteiger partial charge in [-0.3, -0.25) is 0 Å². The topological polar surface area (TPSA) is 52.5 Å². The molecule has 0 aromatic rings. The summed E-state index contributed by atoms with van der Waals surface area (Å²) >= 11 is 0. The second-order valence-electron chi connectivity index (χ2n) is 7.10. The lowest BCUT2D eigenvalue weighted by molar-refractivity contribution is -0.353. The van der Waals surface area contributed by atoms with Crippen molar-refractivity contribution >= 4 is 10.9 Å². The Morgan fingerprint density at radius 2 is 2.10 bits per heavy atom. The van der Waals surface area contributed by atoms with Gasteiger partial charge in [0.05, 0.1) is 6.26 Å². The molecule has 5 unspecified atom stereocenters. The van der Waals surface area contributed by atoms with E-state index in [0.29, 0.717) is 11.2 Å². The van der Waals surface area contributed by atoms with Crippen LogP contribution in [0.5, 0.6) is 0 Å². The van der Waals surface area contributed by atoms with Crippen molar-refractivity contribution in [2.45, 2.75) is 51.4 Å². The molecular weight excluding hydrogens is 272 g/mol. The van der Waals surface area contributed by atoms with Crippen LogP contribution in [-0.4, -0.2) is 35.6 Å². The molecule has 0 aromatic heterocycles. The third-order valence-corrected chi connectivity index (χ3v) is 8.55. The van der Waals surface area contributed by atoms with Crippen molar-refractivity contribution in [3.05, 3.63) is 12.0 Å². The molecule has 2 rings (SSSR count). The highest BCUT2D eigenvalue weighted by atomic mass is 32.2. The first-order chi connectivity index (χ1) is 9.25. The maximum atomic E-state index is 11.1. The average molecular weight is 300 g/mol. The molecule has 0 saturated heterocycles. The normalized spacial score (nSPS) is 40.9. The van der Waals surface area contributed by atoms with E-state index in [-0.39, 0.29) is 33.8 Å². The highest BCUT2D eigenvalue weighted by Gasteiger charge is 2.69. The Morgan fingerprint density at radius 1 is 1.45 bits per heavy atom. The summed E-state index contributed by atoms with van der Waals surface area (Å²) in [7, 11) is 1.56. The molecular formula is C16H28O3S. The highest BCUT2D eigenvalue weighted by Crippen LogP contribution is 2.66. The molecule has 1 N–H and O–H groups in total. The number of hydrogen-bond acceptors (Lipinski definition) is 3. The molecule has 0 amide bonds. The monoisotopic (exact) mass is 300 g/mol. The van der Waals surface area contributed by atoms with Crippen LogP contribution in [0.3, 0.4) is 0 Å². The number of rotatable bonds is 5. The maximum Gasteiger partial charge on any atom is 0.147 e. The SMILES string of the molecule is CO/C([O-])=C/CC[S+](C)C1C2CCC(C)(C1O)C2(C)C. The van der Waals surface area contributed by atoms with Crippen molar-refractivity contribution in [1.82, 2.24) is 0 Å². The van der Waals surface area contributed by atoms with E-state index in [2.05, 4.69) is 31.8 Å². The van der Waals surface area contributed by atoms with Crippen molar-refractivity contribution < 1.29 is 14.9 Å². The lowest BCUT2D eigenvalue weighted by Crippen LogP contribution is -2.43. The first kappa shape index (κ1) is 16.0. The summed E-state index contributed by atoms with van der Waals surface area (Å²) in [4.78, 5) is 0. The summed E-state index contributed by atoms with van der Waals surface area (Å²) in [6, 6.07) is 0. The van der Waals surface area contributed by atoms with Gasteiger partial charge in [-0.05, 0) is 36.3 Å². The van der Waals surface area contributed by atoms with Crippen LogP contribution in [0.25, 0.3) is 0 Å². The zero-order valence-corrected chi connectivity index (χ0v) is 14.1. The van der Waals surface area contributed by atoms with E-state index < -0.39 is 0 Å². The molecule has 5 atom stereocenters.